The number of anilines is 1. The number of nitrogens with two attached hydrogens (primary N) is 1. The van der Waals surface area contributed by atoms with Gasteiger partial charge in [0.25, 0.3) is 0 Å². The fourth-order valence-electron chi connectivity index (χ4n) is 1.92. The Hall–Kier alpha value is -1.78. The van der Waals surface area contributed by atoms with Crippen molar-refractivity contribution in [2.75, 3.05) is 19.0 Å². The molecule has 0 bridgehead atoms. The molecule has 5 heteroatoms. The third kappa shape index (κ3) is 3.40. The molecule has 0 aliphatic rings. The number of methoxy groups -OCH3 is 1. The molecule has 0 heterocycles. The summed E-state index contributed by atoms with van der Waals surface area (Å²) in [5.41, 5.74) is 7.55. The lowest BCUT2D eigenvalue weighted by atomic mass is 10.1. The Balaban J connectivity index is 2.19. The van der Waals surface area contributed by atoms with Crippen LogP contribution in [-0.4, -0.2) is 13.7 Å². The highest BCUT2D eigenvalue weighted by molar-refractivity contribution is 6.30. The van der Waals surface area contributed by atoms with Crippen molar-refractivity contribution in [1.82, 2.24) is 0 Å². The smallest absolute Gasteiger partial charge is 0.165 e. The molecule has 0 radical (unpaired) electrons. The number of hydrogen-bond donors (Lipinski definition) is 2. The van der Waals surface area contributed by atoms with Crippen LogP contribution in [0.25, 0.3) is 0 Å². The zero-order valence-electron chi connectivity index (χ0n) is 11.1. The molecule has 2 rings (SSSR count). The van der Waals surface area contributed by atoms with Gasteiger partial charge in [0, 0.05) is 23.3 Å². The quantitative estimate of drug-likeness (QED) is 0.886. The first kappa shape index (κ1) is 14.6. The van der Waals surface area contributed by atoms with Crippen LogP contribution < -0.4 is 15.8 Å². The fourth-order valence-corrected chi connectivity index (χ4v) is 2.05. The Labute approximate surface area is 122 Å². The summed E-state index contributed by atoms with van der Waals surface area (Å²) < 4.78 is 18.3. The SMILES string of the molecule is COc1cc(NC(CN)c2ccc(Cl)cc2)ccc1F. The van der Waals surface area contributed by atoms with Crippen molar-refractivity contribution in [2.24, 2.45) is 5.73 Å². The molecule has 3 N–H and O–H groups in total. The third-order valence-electron chi connectivity index (χ3n) is 3.00. The Morgan fingerprint density at radius 1 is 1.25 bits per heavy atom. The maximum Gasteiger partial charge on any atom is 0.165 e. The Morgan fingerprint density at radius 3 is 2.55 bits per heavy atom. The average Bonchev–Trinajstić information content (AvgIpc) is 2.47. The van der Waals surface area contributed by atoms with E-state index >= 15 is 0 Å². The lowest BCUT2D eigenvalue weighted by Gasteiger charge is -2.19. The third-order valence-corrected chi connectivity index (χ3v) is 3.25. The molecule has 0 aliphatic carbocycles. The van der Waals surface area contributed by atoms with Gasteiger partial charge in [-0.3, -0.25) is 0 Å². The second kappa shape index (κ2) is 6.59. The van der Waals surface area contributed by atoms with Crippen molar-refractivity contribution in [2.45, 2.75) is 6.04 Å². The van der Waals surface area contributed by atoms with E-state index in [1.807, 2.05) is 24.3 Å². The molecule has 0 fully saturated rings. The molecule has 2 aromatic rings. The van der Waals surface area contributed by atoms with E-state index in [1.54, 1.807) is 12.1 Å². The van der Waals surface area contributed by atoms with Crippen LogP contribution in [0.15, 0.2) is 42.5 Å². The molecule has 0 aliphatic heterocycles. The molecule has 3 nitrogen and oxygen atoms in total. The van der Waals surface area contributed by atoms with E-state index in [-0.39, 0.29) is 11.8 Å². The van der Waals surface area contributed by atoms with E-state index in [9.17, 15) is 4.39 Å². The maximum atomic E-state index is 13.4. The van der Waals surface area contributed by atoms with Crippen molar-refractivity contribution >= 4 is 17.3 Å². The Bertz CT molecular complexity index is 575. The van der Waals surface area contributed by atoms with Gasteiger partial charge in [0.2, 0.25) is 0 Å². The van der Waals surface area contributed by atoms with Crippen LogP contribution >= 0.6 is 11.6 Å². The Morgan fingerprint density at radius 2 is 1.95 bits per heavy atom. The minimum absolute atomic E-state index is 0.0811. The van der Waals surface area contributed by atoms with Gasteiger partial charge in [-0.25, -0.2) is 4.39 Å². The van der Waals surface area contributed by atoms with Gasteiger partial charge >= 0.3 is 0 Å². The molecule has 0 spiro atoms. The Kier molecular flexibility index (Phi) is 4.82. The van der Waals surface area contributed by atoms with Gasteiger partial charge in [-0.2, -0.15) is 0 Å². The average molecular weight is 295 g/mol. The van der Waals surface area contributed by atoms with Crippen LogP contribution in [0.2, 0.25) is 5.02 Å². The summed E-state index contributed by atoms with van der Waals surface area (Å²) in [5.74, 6) is -0.198. The van der Waals surface area contributed by atoms with E-state index < -0.39 is 5.82 Å². The van der Waals surface area contributed by atoms with Gasteiger partial charge in [-0.05, 0) is 29.8 Å². The molecular weight excluding hydrogens is 279 g/mol. The summed E-state index contributed by atoms with van der Waals surface area (Å²) >= 11 is 5.87. The first-order valence-corrected chi connectivity index (χ1v) is 6.57. The molecule has 0 saturated carbocycles. The summed E-state index contributed by atoms with van der Waals surface area (Å²) in [4.78, 5) is 0. The number of benzene rings is 2. The highest BCUT2D eigenvalue weighted by Gasteiger charge is 2.11. The molecular formula is C15H16ClFN2O. The minimum atomic E-state index is -0.395. The second-order valence-corrected chi connectivity index (χ2v) is 4.77. The van der Waals surface area contributed by atoms with Gasteiger partial charge in [-0.1, -0.05) is 23.7 Å². The van der Waals surface area contributed by atoms with Gasteiger partial charge in [-0.15, -0.1) is 0 Å². The summed E-state index contributed by atoms with van der Waals surface area (Å²) in [6.07, 6.45) is 0. The number of nitrogens with one attached hydrogen (secondary N) is 1. The fraction of sp³-hybridized carbons (Fsp3) is 0.200. The van der Waals surface area contributed by atoms with Crippen LogP contribution in [0.3, 0.4) is 0 Å². The normalized spacial score (nSPS) is 12.0. The highest BCUT2D eigenvalue weighted by Crippen LogP contribution is 2.25. The first-order valence-electron chi connectivity index (χ1n) is 6.19. The van der Waals surface area contributed by atoms with Crippen LogP contribution in [0.5, 0.6) is 5.75 Å². The molecule has 1 unspecified atom stereocenters. The van der Waals surface area contributed by atoms with Crippen molar-refractivity contribution in [3.8, 4) is 5.75 Å². The van der Waals surface area contributed by atoms with E-state index in [2.05, 4.69) is 5.32 Å². The molecule has 1 atom stereocenters. The van der Waals surface area contributed by atoms with Gasteiger partial charge in [0.15, 0.2) is 11.6 Å². The number of rotatable bonds is 5. The number of ether oxygens (including phenoxy) is 1. The lowest BCUT2D eigenvalue weighted by Crippen LogP contribution is -2.20. The molecule has 0 amide bonds. The molecule has 106 valence electrons. The summed E-state index contributed by atoms with van der Waals surface area (Å²) in [6, 6.07) is 12.0. The molecule has 0 aromatic heterocycles. The lowest BCUT2D eigenvalue weighted by molar-refractivity contribution is 0.386. The van der Waals surface area contributed by atoms with Gasteiger partial charge < -0.3 is 15.8 Å². The van der Waals surface area contributed by atoms with E-state index in [1.165, 1.54) is 13.2 Å². The maximum absolute atomic E-state index is 13.4. The van der Waals surface area contributed by atoms with Gasteiger partial charge in [0.05, 0.1) is 13.2 Å². The highest BCUT2D eigenvalue weighted by atomic mass is 35.5. The minimum Gasteiger partial charge on any atom is -0.494 e. The van der Waals surface area contributed by atoms with E-state index in [0.717, 1.165) is 11.3 Å². The zero-order chi connectivity index (χ0) is 14.5. The topological polar surface area (TPSA) is 47.3 Å². The molecule has 20 heavy (non-hydrogen) atoms. The largest absolute Gasteiger partial charge is 0.494 e. The predicted octanol–water partition coefficient (Wildman–Crippen LogP) is 3.60. The molecule has 0 saturated heterocycles. The summed E-state index contributed by atoms with van der Waals surface area (Å²) in [6.45, 7) is 0.404. The summed E-state index contributed by atoms with van der Waals surface area (Å²) in [5, 5.41) is 3.93. The second-order valence-electron chi connectivity index (χ2n) is 4.33. The monoisotopic (exact) mass is 294 g/mol. The van der Waals surface area contributed by atoms with Crippen molar-refractivity contribution in [3.63, 3.8) is 0 Å². The van der Waals surface area contributed by atoms with Crippen molar-refractivity contribution in [3.05, 3.63) is 58.9 Å². The van der Waals surface area contributed by atoms with E-state index in [4.69, 9.17) is 22.1 Å². The van der Waals surface area contributed by atoms with Crippen LogP contribution in [0.4, 0.5) is 10.1 Å². The van der Waals surface area contributed by atoms with Crippen molar-refractivity contribution in [1.29, 1.82) is 0 Å². The van der Waals surface area contributed by atoms with Crippen molar-refractivity contribution < 1.29 is 9.13 Å². The number of halogens is 2. The zero-order valence-corrected chi connectivity index (χ0v) is 11.8. The van der Waals surface area contributed by atoms with Crippen LogP contribution in [0, 0.1) is 5.82 Å². The first-order chi connectivity index (χ1) is 9.63. The molecule has 2 aromatic carbocycles. The predicted molar refractivity (Wildman–Crippen MR) is 79.8 cm³/mol. The number of hydrogen-bond acceptors (Lipinski definition) is 3. The summed E-state index contributed by atoms with van der Waals surface area (Å²) in [7, 11) is 1.43. The van der Waals surface area contributed by atoms with E-state index in [0.29, 0.717) is 11.6 Å². The van der Waals surface area contributed by atoms with Crippen LogP contribution in [-0.2, 0) is 0 Å². The van der Waals surface area contributed by atoms with Gasteiger partial charge in [0.1, 0.15) is 0 Å². The standard InChI is InChI=1S/C15H16ClFN2O/c1-20-15-8-12(6-7-13(15)17)19-14(9-18)10-2-4-11(16)5-3-10/h2-8,14,19H,9,18H2,1H3. The van der Waals surface area contributed by atoms with Crippen LogP contribution in [0.1, 0.15) is 11.6 Å².